The minimum Gasteiger partial charge on any atom is -0.506 e. The van der Waals surface area contributed by atoms with Crippen LogP contribution in [0.4, 0.5) is 10.1 Å². The van der Waals surface area contributed by atoms with E-state index in [9.17, 15) is 19.1 Å². The van der Waals surface area contributed by atoms with Gasteiger partial charge in [-0.3, -0.25) is 9.59 Å². The molecule has 1 aromatic carbocycles. The molecule has 1 amide bonds. The largest absolute Gasteiger partial charge is 0.506 e. The lowest BCUT2D eigenvalue weighted by molar-refractivity contribution is -0.117. The third kappa shape index (κ3) is 3.07. The molecule has 19 heavy (non-hydrogen) atoms. The normalized spacial score (nSPS) is 18.9. The number of anilines is 1. The highest BCUT2D eigenvalue weighted by molar-refractivity contribution is 8.13. The SMILES string of the molecule is CC(=O)SCC1CC(=O)N(c2c(O)cccc2F)C1. The highest BCUT2D eigenvalue weighted by Crippen LogP contribution is 2.35. The van der Waals surface area contributed by atoms with Gasteiger partial charge in [0.2, 0.25) is 5.91 Å². The lowest BCUT2D eigenvalue weighted by Crippen LogP contribution is -2.25. The van der Waals surface area contributed by atoms with E-state index in [-0.39, 0.29) is 34.8 Å². The predicted molar refractivity (Wildman–Crippen MR) is 71.7 cm³/mol. The second-order valence-corrected chi connectivity index (χ2v) is 5.68. The third-order valence-electron chi connectivity index (χ3n) is 2.96. The summed E-state index contributed by atoms with van der Waals surface area (Å²) in [6.07, 6.45) is 0.272. The number of phenolic OH excluding ortho intramolecular Hbond substituents is 1. The van der Waals surface area contributed by atoms with Gasteiger partial charge in [0, 0.05) is 25.6 Å². The number of phenols is 1. The molecule has 1 fully saturated rings. The second kappa shape index (κ2) is 5.61. The van der Waals surface area contributed by atoms with E-state index in [0.29, 0.717) is 12.3 Å². The molecule has 0 saturated carbocycles. The van der Waals surface area contributed by atoms with Crippen LogP contribution in [0.25, 0.3) is 0 Å². The van der Waals surface area contributed by atoms with Crippen LogP contribution in [0, 0.1) is 11.7 Å². The fraction of sp³-hybridized carbons (Fsp3) is 0.385. The van der Waals surface area contributed by atoms with Crippen LogP contribution in [-0.4, -0.2) is 28.4 Å². The Hall–Kier alpha value is -1.56. The van der Waals surface area contributed by atoms with Crippen molar-refractivity contribution in [3.8, 4) is 5.75 Å². The number of para-hydroxylation sites is 1. The monoisotopic (exact) mass is 283 g/mol. The molecular weight excluding hydrogens is 269 g/mol. The van der Waals surface area contributed by atoms with Crippen LogP contribution < -0.4 is 4.90 Å². The minimum atomic E-state index is -0.617. The van der Waals surface area contributed by atoms with Crippen molar-refractivity contribution in [3.63, 3.8) is 0 Å². The first-order valence-corrected chi connectivity index (χ1v) is 6.88. The summed E-state index contributed by atoms with van der Waals surface area (Å²) in [6, 6.07) is 3.95. The van der Waals surface area contributed by atoms with E-state index in [4.69, 9.17) is 0 Å². The highest BCUT2D eigenvalue weighted by Gasteiger charge is 2.33. The molecule has 2 rings (SSSR count). The van der Waals surface area contributed by atoms with Gasteiger partial charge >= 0.3 is 0 Å². The van der Waals surface area contributed by atoms with Crippen LogP contribution in [-0.2, 0) is 9.59 Å². The van der Waals surface area contributed by atoms with Crippen molar-refractivity contribution in [3.05, 3.63) is 24.0 Å². The summed E-state index contributed by atoms with van der Waals surface area (Å²) in [4.78, 5) is 24.1. The van der Waals surface area contributed by atoms with Crippen molar-refractivity contribution in [2.45, 2.75) is 13.3 Å². The number of thioether (sulfide) groups is 1. The number of benzene rings is 1. The first kappa shape index (κ1) is 13.9. The molecule has 1 saturated heterocycles. The first-order valence-electron chi connectivity index (χ1n) is 5.90. The maximum atomic E-state index is 13.7. The zero-order valence-electron chi connectivity index (χ0n) is 10.4. The van der Waals surface area contributed by atoms with Gasteiger partial charge in [0.15, 0.2) is 10.9 Å². The van der Waals surface area contributed by atoms with Gasteiger partial charge in [-0.1, -0.05) is 17.8 Å². The average molecular weight is 283 g/mol. The van der Waals surface area contributed by atoms with Crippen LogP contribution in [0.5, 0.6) is 5.75 Å². The van der Waals surface area contributed by atoms with Gasteiger partial charge in [-0.2, -0.15) is 0 Å². The molecule has 102 valence electrons. The standard InChI is InChI=1S/C13H14FNO3S/c1-8(16)19-7-9-5-12(18)15(6-9)13-10(14)3-2-4-11(13)17/h2-4,9,17H,5-7H2,1H3. The molecule has 1 N–H and O–H groups in total. The number of nitrogens with zero attached hydrogens (tertiary/aromatic N) is 1. The van der Waals surface area contributed by atoms with E-state index in [1.807, 2.05) is 0 Å². The van der Waals surface area contributed by atoms with Crippen LogP contribution in [0.2, 0.25) is 0 Å². The molecule has 1 aliphatic heterocycles. The molecule has 0 bridgehead atoms. The van der Waals surface area contributed by atoms with Crippen molar-refractivity contribution in [1.82, 2.24) is 0 Å². The second-order valence-electron chi connectivity index (χ2n) is 4.48. The molecule has 6 heteroatoms. The topological polar surface area (TPSA) is 57.6 Å². The summed E-state index contributed by atoms with van der Waals surface area (Å²) in [7, 11) is 0. The van der Waals surface area contributed by atoms with Gasteiger partial charge in [0.1, 0.15) is 11.4 Å². The summed E-state index contributed by atoms with van der Waals surface area (Å²) in [5, 5.41) is 9.68. The van der Waals surface area contributed by atoms with Crippen molar-refractivity contribution >= 4 is 28.5 Å². The van der Waals surface area contributed by atoms with Gasteiger partial charge in [-0.15, -0.1) is 0 Å². The predicted octanol–water partition coefficient (Wildman–Crippen LogP) is 2.16. The minimum absolute atomic E-state index is 0.000335. The Morgan fingerprint density at radius 3 is 2.95 bits per heavy atom. The molecule has 1 heterocycles. The van der Waals surface area contributed by atoms with E-state index >= 15 is 0 Å². The molecule has 0 aliphatic carbocycles. The maximum absolute atomic E-state index is 13.7. The van der Waals surface area contributed by atoms with E-state index in [2.05, 4.69) is 0 Å². The van der Waals surface area contributed by atoms with E-state index in [0.717, 1.165) is 11.8 Å². The molecular formula is C13H14FNO3S. The summed E-state index contributed by atoms with van der Waals surface area (Å²) in [6.45, 7) is 1.80. The Bertz CT molecular complexity index is 500. The van der Waals surface area contributed by atoms with Crippen molar-refractivity contribution < 1.29 is 19.1 Å². The van der Waals surface area contributed by atoms with E-state index < -0.39 is 5.82 Å². The summed E-state index contributed by atoms with van der Waals surface area (Å²) in [5.41, 5.74) is -0.0668. The number of amides is 1. The smallest absolute Gasteiger partial charge is 0.227 e. The van der Waals surface area contributed by atoms with Crippen molar-refractivity contribution in [1.29, 1.82) is 0 Å². The van der Waals surface area contributed by atoms with Gasteiger partial charge in [-0.25, -0.2) is 4.39 Å². The molecule has 1 unspecified atom stereocenters. The lowest BCUT2D eigenvalue weighted by Gasteiger charge is -2.18. The molecule has 0 aromatic heterocycles. The number of rotatable bonds is 3. The molecule has 1 atom stereocenters. The number of carbonyl (C=O) groups is 2. The number of carbonyl (C=O) groups excluding carboxylic acids is 2. The Morgan fingerprint density at radius 1 is 1.58 bits per heavy atom. The van der Waals surface area contributed by atoms with Crippen LogP contribution >= 0.6 is 11.8 Å². The third-order valence-corrected chi connectivity index (χ3v) is 4.01. The quantitative estimate of drug-likeness (QED) is 0.923. The first-order chi connectivity index (χ1) is 8.99. The van der Waals surface area contributed by atoms with E-state index in [1.54, 1.807) is 0 Å². The van der Waals surface area contributed by atoms with Gasteiger partial charge in [0.05, 0.1) is 0 Å². The number of halogens is 1. The maximum Gasteiger partial charge on any atom is 0.227 e. The lowest BCUT2D eigenvalue weighted by atomic mass is 10.1. The Labute approximate surface area is 114 Å². The number of aromatic hydroxyl groups is 1. The fourth-order valence-electron chi connectivity index (χ4n) is 2.12. The molecule has 4 nitrogen and oxygen atoms in total. The average Bonchev–Trinajstić information content (AvgIpc) is 2.68. The van der Waals surface area contributed by atoms with Gasteiger partial charge in [-0.05, 0) is 18.1 Å². The van der Waals surface area contributed by atoms with Crippen molar-refractivity contribution in [2.24, 2.45) is 5.92 Å². The van der Waals surface area contributed by atoms with Crippen LogP contribution in [0.15, 0.2) is 18.2 Å². The van der Waals surface area contributed by atoms with Crippen molar-refractivity contribution in [2.75, 3.05) is 17.2 Å². The Morgan fingerprint density at radius 2 is 2.32 bits per heavy atom. The highest BCUT2D eigenvalue weighted by atomic mass is 32.2. The Kier molecular flexibility index (Phi) is 4.09. The number of hydrogen-bond donors (Lipinski definition) is 1. The fourth-order valence-corrected chi connectivity index (χ4v) is 2.81. The zero-order valence-corrected chi connectivity index (χ0v) is 11.2. The molecule has 0 radical (unpaired) electrons. The van der Waals surface area contributed by atoms with Gasteiger partial charge < -0.3 is 10.0 Å². The number of hydrogen-bond acceptors (Lipinski definition) is 4. The summed E-state index contributed by atoms with van der Waals surface area (Å²) >= 11 is 1.16. The summed E-state index contributed by atoms with van der Waals surface area (Å²) < 4.78 is 13.7. The van der Waals surface area contributed by atoms with Crippen LogP contribution in [0.3, 0.4) is 0 Å². The molecule has 1 aliphatic rings. The zero-order chi connectivity index (χ0) is 14.0. The Balaban J connectivity index is 2.14. The van der Waals surface area contributed by atoms with E-state index in [1.165, 1.54) is 30.0 Å². The van der Waals surface area contributed by atoms with Crippen LogP contribution in [0.1, 0.15) is 13.3 Å². The molecule has 0 spiro atoms. The van der Waals surface area contributed by atoms with Gasteiger partial charge in [0.25, 0.3) is 0 Å². The molecule has 1 aromatic rings. The summed E-state index contributed by atoms with van der Waals surface area (Å²) in [5.74, 6) is -0.552.